The van der Waals surface area contributed by atoms with Gasteiger partial charge < -0.3 is 9.47 Å². The first-order valence-corrected chi connectivity index (χ1v) is 5.15. The van der Waals surface area contributed by atoms with Crippen LogP contribution in [0, 0.1) is 0 Å². The van der Waals surface area contributed by atoms with Gasteiger partial charge in [0.1, 0.15) is 0 Å². The number of rotatable bonds is 3. The van der Waals surface area contributed by atoms with E-state index in [4.69, 9.17) is 11.6 Å². The molecule has 0 spiro atoms. The van der Waals surface area contributed by atoms with Gasteiger partial charge in [0.2, 0.25) is 0 Å². The van der Waals surface area contributed by atoms with Crippen molar-refractivity contribution >= 4 is 33.5 Å². The highest BCUT2D eigenvalue weighted by Crippen LogP contribution is 2.37. The Morgan fingerprint density at radius 3 is 2.62 bits per heavy atom. The number of esters is 1. The summed E-state index contributed by atoms with van der Waals surface area (Å²) in [4.78, 5) is 11.2. The quantitative estimate of drug-likeness (QED) is 0.801. The molecule has 1 rings (SSSR count). The fourth-order valence-electron chi connectivity index (χ4n) is 0.997. The molecule has 0 radical (unpaired) electrons. The van der Waals surface area contributed by atoms with Crippen LogP contribution in [0.4, 0.5) is 8.78 Å². The van der Waals surface area contributed by atoms with E-state index in [1.165, 1.54) is 19.2 Å². The second kappa shape index (κ2) is 5.45. The van der Waals surface area contributed by atoms with Gasteiger partial charge in [0, 0.05) is 0 Å². The molecule has 7 heteroatoms. The molecular formula is C9H6BrClF2O3. The lowest BCUT2D eigenvalue weighted by Crippen LogP contribution is -2.07. The molecule has 0 saturated heterocycles. The molecule has 0 heterocycles. The van der Waals surface area contributed by atoms with Crippen molar-refractivity contribution in [2.24, 2.45) is 0 Å². The molecular weight excluding hydrogens is 309 g/mol. The Morgan fingerprint density at radius 2 is 2.12 bits per heavy atom. The molecule has 88 valence electrons. The summed E-state index contributed by atoms with van der Waals surface area (Å²) in [5.41, 5.74) is 0.0579. The predicted octanol–water partition coefficient (Wildman–Crippen LogP) is 3.49. The topological polar surface area (TPSA) is 35.5 Å². The Labute approximate surface area is 103 Å². The Balaban J connectivity index is 3.21. The van der Waals surface area contributed by atoms with Crippen LogP contribution in [-0.2, 0) is 4.74 Å². The van der Waals surface area contributed by atoms with Crippen LogP contribution in [-0.4, -0.2) is 19.7 Å². The van der Waals surface area contributed by atoms with Crippen molar-refractivity contribution in [2.75, 3.05) is 7.11 Å². The second-order valence-corrected chi connectivity index (χ2v) is 3.81. The molecule has 16 heavy (non-hydrogen) atoms. The van der Waals surface area contributed by atoms with Gasteiger partial charge in [-0.2, -0.15) is 8.78 Å². The molecule has 0 aliphatic rings. The van der Waals surface area contributed by atoms with Crippen LogP contribution in [0.3, 0.4) is 0 Å². The molecule has 3 nitrogen and oxygen atoms in total. The maximum Gasteiger partial charge on any atom is 0.387 e. The molecule has 0 unspecified atom stereocenters. The summed E-state index contributed by atoms with van der Waals surface area (Å²) < 4.78 is 32.8. The van der Waals surface area contributed by atoms with E-state index in [0.717, 1.165) is 0 Å². The number of halogens is 4. The maximum absolute atomic E-state index is 12.1. The summed E-state index contributed by atoms with van der Waals surface area (Å²) >= 11 is 8.61. The summed E-state index contributed by atoms with van der Waals surface area (Å²) in [6, 6.07) is 2.62. The zero-order valence-corrected chi connectivity index (χ0v) is 10.3. The van der Waals surface area contributed by atoms with Crippen molar-refractivity contribution in [3.63, 3.8) is 0 Å². The van der Waals surface area contributed by atoms with E-state index < -0.39 is 12.6 Å². The second-order valence-electron chi connectivity index (χ2n) is 2.61. The molecule has 0 aromatic heterocycles. The number of alkyl halides is 2. The lowest BCUT2D eigenvalue weighted by molar-refractivity contribution is -0.0503. The Hall–Kier alpha value is -0.880. The highest BCUT2D eigenvalue weighted by atomic mass is 79.9. The number of methoxy groups -OCH3 is 1. The van der Waals surface area contributed by atoms with Gasteiger partial charge in [-0.1, -0.05) is 11.6 Å². The number of hydrogen-bond acceptors (Lipinski definition) is 3. The molecule has 0 N–H and O–H groups in total. The predicted molar refractivity (Wildman–Crippen MR) is 57.1 cm³/mol. The van der Waals surface area contributed by atoms with Crippen LogP contribution in [0.2, 0.25) is 5.02 Å². The van der Waals surface area contributed by atoms with Gasteiger partial charge in [-0.15, -0.1) is 0 Å². The van der Waals surface area contributed by atoms with E-state index in [9.17, 15) is 13.6 Å². The number of hydrogen-bond donors (Lipinski definition) is 0. The first-order chi connectivity index (χ1) is 7.47. The van der Waals surface area contributed by atoms with Crippen molar-refractivity contribution in [3.8, 4) is 5.75 Å². The largest absolute Gasteiger partial charge is 0.465 e. The monoisotopic (exact) mass is 314 g/mol. The average molecular weight is 315 g/mol. The van der Waals surface area contributed by atoms with Crippen molar-refractivity contribution < 1.29 is 23.0 Å². The molecule has 0 bridgehead atoms. The van der Waals surface area contributed by atoms with Gasteiger partial charge in [0.15, 0.2) is 5.75 Å². The molecule has 0 saturated carbocycles. The van der Waals surface area contributed by atoms with E-state index >= 15 is 0 Å². The summed E-state index contributed by atoms with van der Waals surface area (Å²) in [5, 5.41) is -0.0279. The van der Waals surface area contributed by atoms with Gasteiger partial charge >= 0.3 is 12.6 Å². The summed E-state index contributed by atoms with van der Waals surface area (Å²) in [6.07, 6.45) is 0. The highest BCUT2D eigenvalue weighted by molar-refractivity contribution is 9.10. The van der Waals surface area contributed by atoms with Gasteiger partial charge in [0.25, 0.3) is 0 Å². The van der Waals surface area contributed by atoms with E-state index in [2.05, 4.69) is 25.4 Å². The third kappa shape index (κ3) is 2.82. The smallest absolute Gasteiger partial charge is 0.387 e. The summed E-state index contributed by atoms with van der Waals surface area (Å²) in [7, 11) is 1.18. The normalized spacial score (nSPS) is 10.4. The minimum Gasteiger partial charge on any atom is -0.465 e. The van der Waals surface area contributed by atoms with Crippen molar-refractivity contribution in [1.82, 2.24) is 0 Å². The first kappa shape index (κ1) is 13.2. The number of carbonyl (C=O) groups is 1. The van der Waals surface area contributed by atoms with Crippen LogP contribution in [0.5, 0.6) is 5.75 Å². The van der Waals surface area contributed by atoms with Crippen LogP contribution >= 0.6 is 27.5 Å². The molecule has 1 aromatic rings. The fourth-order valence-corrected chi connectivity index (χ4v) is 1.91. The molecule has 0 amide bonds. The van der Waals surface area contributed by atoms with E-state index in [1.54, 1.807) is 0 Å². The Morgan fingerprint density at radius 1 is 1.50 bits per heavy atom. The highest BCUT2D eigenvalue weighted by Gasteiger charge is 2.19. The minimum absolute atomic E-state index is 0.0279. The van der Waals surface area contributed by atoms with Crippen LogP contribution in [0.15, 0.2) is 16.6 Å². The average Bonchev–Trinajstić information content (AvgIpc) is 2.23. The van der Waals surface area contributed by atoms with Crippen LogP contribution < -0.4 is 4.74 Å². The SMILES string of the molecule is COC(=O)c1ccc(Cl)c(OC(F)F)c1Br. The zero-order valence-electron chi connectivity index (χ0n) is 7.97. The molecule has 0 fully saturated rings. The number of carbonyl (C=O) groups excluding carboxylic acids is 1. The zero-order chi connectivity index (χ0) is 12.3. The first-order valence-electron chi connectivity index (χ1n) is 3.98. The summed E-state index contributed by atoms with van der Waals surface area (Å²) in [5.74, 6) is -0.970. The lowest BCUT2D eigenvalue weighted by atomic mass is 10.2. The molecule has 1 aromatic carbocycles. The molecule has 0 atom stereocenters. The van der Waals surface area contributed by atoms with Crippen molar-refractivity contribution in [1.29, 1.82) is 0 Å². The lowest BCUT2D eigenvalue weighted by Gasteiger charge is -2.11. The standard InChI is InChI=1S/C9H6BrClF2O3/c1-15-8(14)4-2-3-5(11)7(6(4)10)16-9(12)13/h2-3,9H,1H3. The van der Waals surface area contributed by atoms with Gasteiger partial charge in [0.05, 0.1) is 22.2 Å². The molecule has 0 aliphatic heterocycles. The van der Waals surface area contributed by atoms with E-state index in [0.29, 0.717) is 0 Å². The number of benzene rings is 1. The Bertz CT molecular complexity index is 412. The third-order valence-corrected chi connectivity index (χ3v) is 2.75. The van der Waals surface area contributed by atoms with Crippen molar-refractivity contribution in [3.05, 3.63) is 27.2 Å². The summed E-state index contributed by atoms with van der Waals surface area (Å²) in [6.45, 7) is -3.03. The van der Waals surface area contributed by atoms with E-state index in [1.807, 2.05) is 0 Å². The van der Waals surface area contributed by atoms with Gasteiger partial charge in [-0.25, -0.2) is 4.79 Å². The third-order valence-electron chi connectivity index (χ3n) is 1.66. The fraction of sp³-hybridized carbons (Fsp3) is 0.222. The Kier molecular flexibility index (Phi) is 4.49. The number of ether oxygens (including phenoxy) is 2. The van der Waals surface area contributed by atoms with Gasteiger partial charge in [-0.3, -0.25) is 0 Å². The molecule has 0 aliphatic carbocycles. The van der Waals surface area contributed by atoms with Crippen LogP contribution in [0.1, 0.15) is 10.4 Å². The van der Waals surface area contributed by atoms with Crippen molar-refractivity contribution in [2.45, 2.75) is 6.61 Å². The van der Waals surface area contributed by atoms with Crippen LogP contribution in [0.25, 0.3) is 0 Å². The van der Waals surface area contributed by atoms with Gasteiger partial charge in [-0.05, 0) is 28.1 Å². The van der Waals surface area contributed by atoms with E-state index in [-0.39, 0.29) is 20.8 Å². The maximum atomic E-state index is 12.1. The minimum atomic E-state index is -3.03.